The lowest BCUT2D eigenvalue weighted by Crippen LogP contribution is -2.09. The highest BCUT2D eigenvalue weighted by atomic mass is 16.5. The van der Waals surface area contributed by atoms with Gasteiger partial charge in [-0.05, 0) is 19.9 Å². The molecule has 0 heterocycles. The van der Waals surface area contributed by atoms with Crippen molar-refractivity contribution in [3.8, 4) is 5.75 Å². The molecule has 0 aromatic heterocycles. The van der Waals surface area contributed by atoms with Crippen LogP contribution in [0, 0.1) is 0 Å². The summed E-state index contributed by atoms with van der Waals surface area (Å²) in [6.07, 6.45) is 1.91. The van der Waals surface area contributed by atoms with E-state index in [-0.39, 0.29) is 6.10 Å². The molecule has 1 rings (SSSR count). The Hall–Kier alpha value is -1.18. The fraction of sp³-hybridized carbons (Fsp3) is 0.273. The molecule has 1 nitrogen and oxygen atoms in total. The SMILES string of the molecule is [B]c1ccc(OC(C)C)c(C=C)c1. The van der Waals surface area contributed by atoms with Crippen LogP contribution in [0.4, 0.5) is 0 Å². The van der Waals surface area contributed by atoms with Crippen molar-refractivity contribution in [3.63, 3.8) is 0 Å². The number of benzene rings is 1. The molecule has 0 N–H and O–H groups in total. The summed E-state index contributed by atoms with van der Waals surface area (Å²) in [5.41, 5.74) is 1.67. The first-order valence-electron chi connectivity index (χ1n) is 4.32. The summed E-state index contributed by atoms with van der Waals surface area (Å²) in [5.74, 6) is 0.833. The molecule has 0 aliphatic heterocycles. The molecule has 0 fully saturated rings. The lowest BCUT2D eigenvalue weighted by Gasteiger charge is -2.12. The van der Waals surface area contributed by atoms with Crippen molar-refractivity contribution in [2.75, 3.05) is 0 Å². The molecule has 0 amide bonds. The number of ether oxygens (including phenoxy) is 1. The zero-order chi connectivity index (χ0) is 9.84. The summed E-state index contributed by atoms with van der Waals surface area (Å²) in [6.45, 7) is 7.68. The molecule has 0 aliphatic rings. The molecule has 2 radical (unpaired) electrons. The van der Waals surface area contributed by atoms with E-state index in [0.717, 1.165) is 16.8 Å². The third-order valence-electron chi connectivity index (χ3n) is 1.62. The summed E-state index contributed by atoms with van der Waals surface area (Å²) >= 11 is 0. The summed E-state index contributed by atoms with van der Waals surface area (Å²) < 4.78 is 5.56. The van der Waals surface area contributed by atoms with Gasteiger partial charge in [-0.3, -0.25) is 0 Å². The highest BCUT2D eigenvalue weighted by molar-refractivity contribution is 6.32. The first-order valence-corrected chi connectivity index (χ1v) is 4.32. The van der Waals surface area contributed by atoms with Crippen LogP contribution in [0.2, 0.25) is 0 Å². The van der Waals surface area contributed by atoms with Gasteiger partial charge in [-0.2, -0.15) is 0 Å². The van der Waals surface area contributed by atoms with Crippen molar-refractivity contribution < 1.29 is 4.74 Å². The Morgan fingerprint density at radius 2 is 2.15 bits per heavy atom. The summed E-state index contributed by atoms with van der Waals surface area (Å²) in [5, 5.41) is 0. The van der Waals surface area contributed by atoms with Crippen molar-refractivity contribution in [2.24, 2.45) is 0 Å². The second kappa shape index (κ2) is 4.17. The quantitative estimate of drug-likeness (QED) is 0.632. The topological polar surface area (TPSA) is 9.23 Å². The molecule has 0 spiro atoms. The monoisotopic (exact) mass is 172 g/mol. The third-order valence-corrected chi connectivity index (χ3v) is 1.62. The Bertz CT molecular complexity index is 305. The Morgan fingerprint density at radius 1 is 1.46 bits per heavy atom. The van der Waals surface area contributed by atoms with E-state index in [0.29, 0.717) is 0 Å². The van der Waals surface area contributed by atoms with Gasteiger partial charge < -0.3 is 4.74 Å². The number of hydrogen-bond donors (Lipinski definition) is 0. The van der Waals surface area contributed by atoms with Crippen molar-refractivity contribution >= 4 is 19.4 Å². The smallest absolute Gasteiger partial charge is 0.126 e. The normalized spacial score (nSPS) is 10.1. The van der Waals surface area contributed by atoms with E-state index >= 15 is 0 Å². The van der Waals surface area contributed by atoms with Gasteiger partial charge in [0.15, 0.2) is 0 Å². The molecule has 1 aromatic rings. The minimum atomic E-state index is 0.169. The Labute approximate surface area is 80.8 Å². The Kier molecular flexibility index (Phi) is 3.18. The Balaban J connectivity index is 2.99. The predicted octanol–water partition coefficient (Wildman–Crippen LogP) is 1.91. The molecule has 0 atom stereocenters. The van der Waals surface area contributed by atoms with Crippen LogP contribution in [-0.4, -0.2) is 14.0 Å². The van der Waals surface area contributed by atoms with Crippen LogP contribution in [0.3, 0.4) is 0 Å². The van der Waals surface area contributed by atoms with Crippen LogP contribution in [0.25, 0.3) is 6.08 Å². The van der Waals surface area contributed by atoms with Crippen LogP contribution in [0.1, 0.15) is 19.4 Å². The van der Waals surface area contributed by atoms with E-state index < -0.39 is 0 Å². The lowest BCUT2D eigenvalue weighted by molar-refractivity contribution is 0.242. The molecular weight excluding hydrogens is 159 g/mol. The molecule has 0 saturated carbocycles. The second-order valence-electron chi connectivity index (χ2n) is 3.17. The molecule has 1 aromatic carbocycles. The second-order valence-corrected chi connectivity index (χ2v) is 3.17. The zero-order valence-electron chi connectivity index (χ0n) is 8.08. The molecule has 0 saturated heterocycles. The van der Waals surface area contributed by atoms with Gasteiger partial charge in [-0.1, -0.05) is 30.3 Å². The Morgan fingerprint density at radius 3 is 2.69 bits per heavy atom. The van der Waals surface area contributed by atoms with Crippen LogP contribution in [0.5, 0.6) is 5.75 Å². The number of rotatable bonds is 3. The van der Waals surface area contributed by atoms with Gasteiger partial charge in [0.05, 0.1) is 6.10 Å². The van der Waals surface area contributed by atoms with Crippen LogP contribution >= 0.6 is 0 Å². The molecule has 2 heteroatoms. The maximum Gasteiger partial charge on any atom is 0.126 e. The lowest BCUT2D eigenvalue weighted by atomic mass is 9.94. The van der Waals surface area contributed by atoms with Crippen LogP contribution in [-0.2, 0) is 0 Å². The fourth-order valence-electron chi connectivity index (χ4n) is 1.09. The van der Waals surface area contributed by atoms with Gasteiger partial charge in [0, 0.05) is 5.56 Å². The molecule has 0 aliphatic carbocycles. The molecule has 0 bridgehead atoms. The van der Waals surface area contributed by atoms with Crippen molar-refractivity contribution in [2.45, 2.75) is 20.0 Å². The van der Waals surface area contributed by atoms with Gasteiger partial charge in [0.25, 0.3) is 0 Å². The van der Waals surface area contributed by atoms with Crippen molar-refractivity contribution in [1.82, 2.24) is 0 Å². The standard InChI is InChI=1S/C11H13BO/c1-4-9-7-10(12)5-6-11(9)13-8(2)3/h4-8H,1H2,2-3H3. The van der Waals surface area contributed by atoms with Gasteiger partial charge in [0.2, 0.25) is 0 Å². The molecule has 13 heavy (non-hydrogen) atoms. The average molecular weight is 172 g/mol. The van der Waals surface area contributed by atoms with E-state index in [1.165, 1.54) is 0 Å². The minimum Gasteiger partial charge on any atom is -0.490 e. The third kappa shape index (κ3) is 2.65. The maximum absolute atomic E-state index is 5.63. The van der Waals surface area contributed by atoms with Crippen molar-refractivity contribution in [3.05, 3.63) is 30.3 Å². The van der Waals surface area contributed by atoms with E-state index in [1.54, 1.807) is 6.08 Å². The highest BCUT2D eigenvalue weighted by Crippen LogP contribution is 2.18. The van der Waals surface area contributed by atoms with Gasteiger partial charge >= 0.3 is 0 Å². The zero-order valence-corrected chi connectivity index (χ0v) is 8.08. The highest BCUT2D eigenvalue weighted by Gasteiger charge is 2.02. The molecule has 66 valence electrons. The van der Waals surface area contributed by atoms with Gasteiger partial charge in [-0.15, -0.1) is 0 Å². The number of hydrogen-bond acceptors (Lipinski definition) is 1. The van der Waals surface area contributed by atoms with Crippen LogP contribution in [0.15, 0.2) is 24.8 Å². The van der Waals surface area contributed by atoms with Gasteiger partial charge in [-0.25, -0.2) is 0 Å². The fourth-order valence-corrected chi connectivity index (χ4v) is 1.09. The first kappa shape index (κ1) is 9.91. The predicted molar refractivity (Wildman–Crippen MR) is 57.7 cm³/mol. The maximum atomic E-state index is 5.63. The molecule has 0 unspecified atom stereocenters. The summed E-state index contributed by atoms with van der Waals surface area (Å²) in [6, 6.07) is 5.54. The van der Waals surface area contributed by atoms with E-state index in [9.17, 15) is 0 Å². The largest absolute Gasteiger partial charge is 0.490 e. The van der Waals surface area contributed by atoms with E-state index in [4.69, 9.17) is 12.6 Å². The van der Waals surface area contributed by atoms with Crippen LogP contribution < -0.4 is 10.2 Å². The first-order chi connectivity index (χ1) is 6.13. The van der Waals surface area contributed by atoms with Crippen molar-refractivity contribution in [1.29, 1.82) is 0 Å². The summed E-state index contributed by atoms with van der Waals surface area (Å²) in [4.78, 5) is 0. The van der Waals surface area contributed by atoms with Gasteiger partial charge in [0.1, 0.15) is 13.6 Å². The minimum absolute atomic E-state index is 0.169. The van der Waals surface area contributed by atoms with E-state index in [1.807, 2.05) is 32.0 Å². The molecular formula is C11H13BO. The summed E-state index contributed by atoms with van der Waals surface area (Å²) in [7, 11) is 5.63. The van der Waals surface area contributed by atoms with E-state index in [2.05, 4.69) is 6.58 Å². The average Bonchev–Trinajstić information content (AvgIpc) is 2.07.